The molecule has 29 heavy (non-hydrogen) atoms. The number of benzene rings is 2. The molecule has 2 aliphatic rings. The number of aliphatic hydroxyl groups is 1. The molecule has 0 aromatic heterocycles. The van der Waals surface area contributed by atoms with Gasteiger partial charge in [0.25, 0.3) is 0 Å². The largest absolute Gasteiger partial charge is 0.396 e. The molecule has 0 radical (unpaired) electrons. The molecule has 2 fully saturated rings. The summed E-state index contributed by atoms with van der Waals surface area (Å²) >= 11 is 2.03. The number of fused-ring (bicyclic) bond motifs is 1. The second kappa shape index (κ2) is 9.68. The van der Waals surface area contributed by atoms with Gasteiger partial charge in [0, 0.05) is 30.7 Å². The molecular formula is C24H30N2O2S. The van der Waals surface area contributed by atoms with Crippen LogP contribution in [-0.4, -0.2) is 50.6 Å². The number of carbonyl (C=O) groups excluding carboxylic acids is 1. The zero-order valence-electron chi connectivity index (χ0n) is 16.8. The molecule has 5 heteroatoms. The van der Waals surface area contributed by atoms with Crippen molar-refractivity contribution in [2.24, 2.45) is 0 Å². The summed E-state index contributed by atoms with van der Waals surface area (Å²) in [5.41, 5.74) is 2.38. The van der Waals surface area contributed by atoms with Crippen LogP contribution in [0.25, 0.3) is 0 Å². The Labute approximate surface area is 177 Å². The van der Waals surface area contributed by atoms with Crippen LogP contribution in [-0.2, 0) is 13.1 Å². The summed E-state index contributed by atoms with van der Waals surface area (Å²) in [7, 11) is 0. The van der Waals surface area contributed by atoms with Crippen molar-refractivity contribution in [3.8, 4) is 0 Å². The molecule has 1 N–H and O–H groups in total. The van der Waals surface area contributed by atoms with Crippen molar-refractivity contribution in [3.05, 3.63) is 71.8 Å². The average Bonchev–Trinajstić information content (AvgIpc) is 3.27. The van der Waals surface area contributed by atoms with Crippen molar-refractivity contribution in [3.63, 3.8) is 0 Å². The summed E-state index contributed by atoms with van der Waals surface area (Å²) < 4.78 is 0. The number of thioether (sulfide) groups is 1. The molecule has 3 atom stereocenters. The molecule has 2 amide bonds. The molecule has 0 saturated carbocycles. The molecule has 2 aromatic carbocycles. The predicted octanol–water partition coefficient (Wildman–Crippen LogP) is 4.53. The lowest BCUT2D eigenvalue weighted by Gasteiger charge is -2.27. The fourth-order valence-electron chi connectivity index (χ4n) is 4.59. The number of hydrogen-bond acceptors (Lipinski definition) is 3. The second-order valence-corrected chi connectivity index (χ2v) is 9.28. The van der Waals surface area contributed by atoms with Gasteiger partial charge in [-0.25, -0.2) is 4.79 Å². The first-order valence-electron chi connectivity index (χ1n) is 10.7. The zero-order valence-corrected chi connectivity index (χ0v) is 17.6. The highest BCUT2D eigenvalue weighted by atomic mass is 32.2. The lowest BCUT2D eigenvalue weighted by molar-refractivity contribution is 0.180. The van der Waals surface area contributed by atoms with E-state index in [1.807, 2.05) is 48.2 Å². The van der Waals surface area contributed by atoms with Crippen LogP contribution in [0.3, 0.4) is 0 Å². The van der Waals surface area contributed by atoms with Crippen molar-refractivity contribution in [1.82, 2.24) is 9.80 Å². The highest BCUT2D eigenvalue weighted by Gasteiger charge is 2.52. The third-order valence-corrected chi connectivity index (χ3v) is 7.52. The highest BCUT2D eigenvalue weighted by Crippen LogP contribution is 2.42. The first kappa shape index (κ1) is 20.3. The smallest absolute Gasteiger partial charge is 0.321 e. The maximum Gasteiger partial charge on any atom is 0.321 e. The predicted molar refractivity (Wildman–Crippen MR) is 119 cm³/mol. The van der Waals surface area contributed by atoms with E-state index in [0.717, 1.165) is 31.4 Å². The summed E-state index contributed by atoms with van der Waals surface area (Å²) in [6.07, 6.45) is 4.17. The maximum absolute atomic E-state index is 13.5. The number of urea groups is 1. The summed E-state index contributed by atoms with van der Waals surface area (Å²) in [6.45, 7) is 1.64. The van der Waals surface area contributed by atoms with Crippen molar-refractivity contribution in [1.29, 1.82) is 0 Å². The Morgan fingerprint density at radius 2 is 1.48 bits per heavy atom. The number of aliphatic hydroxyl groups excluding tert-OH is 1. The van der Waals surface area contributed by atoms with E-state index in [0.29, 0.717) is 18.3 Å². The van der Waals surface area contributed by atoms with E-state index in [1.54, 1.807) is 0 Å². The van der Waals surface area contributed by atoms with Gasteiger partial charge in [-0.3, -0.25) is 0 Å². The van der Waals surface area contributed by atoms with Crippen molar-refractivity contribution in [2.75, 3.05) is 12.4 Å². The Bertz CT molecular complexity index is 786. The van der Waals surface area contributed by atoms with E-state index >= 15 is 0 Å². The number of nitrogens with zero attached hydrogens (tertiary/aromatic N) is 2. The molecule has 2 heterocycles. The molecule has 4 nitrogen and oxygen atoms in total. The molecule has 2 saturated heterocycles. The van der Waals surface area contributed by atoms with Crippen molar-refractivity contribution < 1.29 is 9.90 Å². The average molecular weight is 411 g/mol. The summed E-state index contributed by atoms with van der Waals surface area (Å²) in [5, 5.41) is 9.54. The highest BCUT2D eigenvalue weighted by molar-refractivity contribution is 8.00. The van der Waals surface area contributed by atoms with E-state index in [2.05, 4.69) is 34.1 Å². The van der Waals surface area contributed by atoms with Crippen LogP contribution >= 0.6 is 11.8 Å². The fraction of sp³-hybridized carbons (Fsp3) is 0.458. The Balaban J connectivity index is 1.53. The Kier molecular flexibility index (Phi) is 6.78. The van der Waals surface area contributed by atoms with Gasteiger partial charge in [0.15, 0.2) is 0 Å². The molecule has 0 unspecified atom stereocenters. The van der Waals surface area contributed by atoms with Crippen LogP contribution in [0.2, 0.25) is 0 Å². The molecule has 154 valence electrons. The van der Waals surface area contributed by atoms with Crippen molar-refractivity contribution >= 4 is 17.8 Å². The zero-order chi connectivity index (χ0) is 20.1. The lowest BCUT2D eigenvalue weighted by Crippen LogP contribution is -2.40. The van der Waals surface area contributed by atoms with Gasteiger partial charge in [-0.2, -0.15) is 11.8 Å². The van der Waals surface area contributed by atoms with Gasteiger partial charge in [-0.1, -0.05) is 73.5 Å². The molecular weight excluding hydrogens is 380 g/mol. The Morgan fingerprint density at radius 3 is 2.10 bits per heavy atom. The lowest BCUT2D eigenvalue weighted by atomic mass is 10.0. The van der Waals surface area contributed by atoms with Crippen LogP contribution in [0, 0.1) is 0 Å². The molecule has 2 aliphatic heterocycles. The van der Waals surface area contributed by atoms with Gasteiger partial charge >= 0.3 is 6.03 Å². The molecule has 4 rings (SSSR count). The van der Waals surface area contributed by atoms with Gasteiger partial charge in [0.05, 0.1) is 12.1 Å². The van der Waals surface area contributed by atoms with E-state index in [-0.39, 0.29) is 24.7 Å². The SMILES string of the molecule is O=C1N(Cc2ccccc2)[C@@H]2[C@H](CCCCCO)SC[C@@H]2N1Cc1ccccc1. The monoisotopic (exact) mass is 410 g/mol. The van der Waals surface area contributed by atoms with E-state index < -0.39 is 0 Å². The van der Waals surface area contributed by atoms with Crippen LogP contribution < -0.4 is 0 Å². The van der Waals surface area contributed by atoms with E-state index in [4.69, 9.17) is 5.11 Å². The maximum atomic E-state index is 13.5. The molecule has 0 bridgehead atoms. The van der Waals surface area contributed by atoms with E-state index in [9.17, 15) is 4.79 Å². The summed E-state index contributed by atoms with van der Waals surface area (Å²) in [6, 6.07) is 21.4. The van der Waals surface area contributed by atoms with E-state index in [1.165, 1.54) is 11.1 Å². The molecule has 2 aromatic rings. The first-order chi connectivity index (χ1) is 14.3. The Morgan fingerprint density at radius 1 is 0.862 bits per heavy atom. The van der Waals surface area contributed by atoms with Gasteiger partial charge in [0.2, 0.25) is 0 Å². The van der Waals surface area contributed by atoms with Crippen LogP contribution in [0.15, 0.2) is 60.7 Å². The van der Waals surface area contributed by atoms with Gasteiger partial charge in [0.1, 0.15) is 0 Å². The normalized spacial score (nSPS) is 23.6. The second-order valence-electron chi connectivity index (χ2n) is 8.01. The number of amides is 2. The number of rotatable bonds is 9. The van der Waals surface area contributed by atoms with Crippen LogP contribution in [0.5, 0.6) is 0 Å². The fourth-order valence-corrected chi connectivity index (χ4v) is 6.27. The summed E-state index contributed by atoms with van der Waals surface area (Å²) in [5.74, 6) is 1.01. The number of hydrogen-bond donors (Lipinski definition) is 1. The number of unbranched alkanes of at least 4 members (excludes halogenated alkanes) is 2. The van der Waals surface area contributed by atoms with Gasteiger partial charge < -0.3 is 14.9 Å². The van der Waals surface area contributed by atoms with Gasteiger partial charge in [-0.05, 0) is 24.0 Å². The first-order valence-corrected chi connectivity index (χ1v) is 11.7. The number of carbonyl (C=O) groups is 1. The topological polar surface area (TPSA) is 43.8 Å². The Hall–Kier alpha value is -1.98. The minimum absolute atomic E-state index is 0.174. The minimum atomic E-state index is 0.174. The third kappa shape index (κ3) is 4.62. The van der Waals surface area contributed by atoms with Crippen molar-refractivity contribution in [2.45, 2.75) is 56.1 Å². The molecule has 0 spiro atoms. The minimum Gasteiger partial charge on any atom is -0.396 e. The van der Waals surface area contributed by atoms with Crippen LogP contribution in [0.4, 0.5) is 4.79 Å². The third-order valence-electron chi connectivity index (χ3n) is 6.05. The molecule has 0 aliphatic carbocycles. The quantitative estimate of drug-likeness (QED) is 0.488. The summed E-state index contributed by atoms with van der Waals surface area (Å²) in [4.78, 5) is 17.7. The standard InChI is InChI=1S/C24H30N2O2S/c27-15-9-3-8-14-22-23-21(18-29-22)25(16-19-10-4-1-5-11-19)24(28)26(23)17-20-12-6-2-7-13-20/h1-2,4-7,10-13,21-23,27H,3,8-9,14-18H2/t21-,22-,23-/m0/s1. The van der Waals surface area contributed by atoms with Gasteiger partial charge in [-0.15, -0.1) is 0 Å². The van der Waals surface area contributed by atoms with Crippen LogP contribution in [0.1, 0.15) is 36.8 Å².